The van der Waals surface area contributed by atoms with E-state index in [1.165, 1.54) is 11.1 Å². The summed E-state index contributed by atoms with van der Waals surface area (Å²) in [7, 11) is 0. The summed E-state index contributed by atoms with van der Waals surface area (Å²) in [6.07, 6.45) is 0.992. The Morgan fingerprint density at radius 2 is 1.85 bits per heavy atom. The van der Waals surface area contributed by atoms with Crippen molar-refractivity contribution in [2.75, 3.05) is 23.7 Å². The van der Waals surface area contributed by atoms with Gasteiger partial charge < -0.3 is 10.6 Å². The van der Waals surface area contributed by atoms with Gasteiger partial charge in [-0.05, 0) is 38.3 Å². The minimum absolute atomic E-state index is 0.686. The molecule has 0 amide bonds. The highest BCUT2D eigenvalue weighted by Gasteiger charge is 2.02. The topological polar surface area (TPSA) is 49.8 Å². The molecule has 1 aromatic carbocycles. The van der Waals surface area contributed by atoms with E-state index < -0.39 is 0 Å². The molecular formula is C16H22N4. The van der Waals surface area contributed by atoms with E-state index in [0.717, 1.165) is 31.0 Å². The fourth-order valence-electron chi connectivity index (χ4n) is 2.11. The lowest BCUT2D eigenvalue weighted by Crippen LogP contribution is -2.10. The molecule has 0 aliphatic rings. The average molecular weight is 270 g/mol. The van der Waals surface area contributed by atoms with Gasteiger partial charge in [0.15, 0.2) is 0 Å². The normalized spacial score (nSPS) is 10.3. The summed E-state index contributed by atoms with van der Waals surface area (Å²) >= 11 is 0. The number of aryl methyl sites for hydroxylation is 2. The Morgan fingerprint density at radius 3 is 2.60 bits per heavy atom. The first kappa shape index (κ1) is 14.3. The van der Waals surface area contributed by atoms with Gasteiger partial charge in [0.2, 0.25) is 5.95 Å². The number of rotatable bonds is 6. The lowest BCUT2D eigenvalue weighted by molar-refractivity contribution is 0.978. The van der Waals surface area contributed by atoms with Crippen LogP contribution in [0.4, 0.5) is 11.8 Å². The van der Waals surface area contributed by atoms with E-state index in [4.69, 9.17) is 0 Å². The predicted octanol–water partition coefficient (Wildman–Crippen LogP) is 3.18. The Labute approximate surface area is 120 Å². The van der Waals surface area contributed by atoms with E-state index in [-0.39, 0.29) is 0 Å². The van der Waals surface area contributed by atoms with Gasteiger partial charge >= 0.3 is 0 Å². The predicted molar refractivity (Wildman–Crippen MR) is 84.3 cm³/mol. The van der Waals surface area contributed by atoms with Crippen molar-refractivity contribution in [1.29, 1.82) is 0 Å². The quantitative estimate of drug-likeness (QED) is 0.846. The van der Waals surface area contributed by atoms with Gasteiger partial charge in [-0.1, -0.05) is 24.3 Å². The Kier molecular flexibility index (Phi) is 4.93. The molecule has 2 rings (SSSR count). The molecule has 4 heteroatoms. The maximum atomic E-state index is 4.44. The fraction of sp³-hybridized carbons (Fsp3) is 0.375. The van der Waals surface area contributed by atoms with Crippen molar-refractivity contribution in [3.8, 4) is 0 Å². The summed E-state index contributed by atoms with van der Waals surface area (Å²) in [4.78, 5) is 8.79. The molecule has 0 unspecified atom stereocenters. The second-order valence-electron chi connectivity index (χ2n) is 4.85. The number of nitrogens with zero attached hydrogens (tertiary/aromatic N) is 2. The highest BCUT2D eigenvalue weighted by molar-refractivity contribution is 5.42. The maximum Gasteiger partial charge on any atom is 0.224 e. The number of aromatic nitrogens is 2. The summed E-state index contributed by atoms with van der Waals surface area (Å²) in [6.45, 7) is 7.86. The van der Waals surface area contributed by atoms with Gasteiger partial charge in [0.05, 0.1) is 0 Å². The number of hydrogen-bond acceptors (Lipinski definition) is 4. The molecule has 0 bridgehead atoms. The molecule has 2 aromatic rings. The molecule has 0 fully saturated rings. The fourth-order valence-corrected chi connectivity index (χ4v) is 2.11. The maximum absolute atomic E-state index is 4.44. The summed E-state index contributed by atoms with van der Waals surface area (Å²) < 4.78 is 0. The van der Waals surface area contributed by atoms with Crippen molar-refractivity contribution >= 4 is 11.8 Å². The Balaban J connectivity index is 1.95. The molecule has 0 spiro atoms. The minimum Gasteiger partial charge on any atom is -0.370 e. The zero-order chi connectivity index (χ0) is 14.4. The van der Waals surface area contributed by atoms with Gasteiger partial charge in [-0.15, -0.1) is 0 Å². The molecule has 0 atom stereocenters. The van der Waals surface area contributed by atoms with E-state index >= 15 is 0 Å². The monoisotopic (exact) mass is 270 g/mol. The Morgan fingerprint density at radius 1 is 1.05 bits per heavy atom. The third-order valence-electron chi connectivity index (χ3n) is 3.15. The SMILES string of the molecule is CCNc1nc(C)cc(NCCc2ccccc2C)n1. The highest BCUT2D eigenvalue weighted by atomic mass is 15.1. The van der Waals surface area contributed by atoms with Crippen LogP contribution in [0.2, 0.25) is 0 Å². The van der Waals surface area contributed by atoms with Crippen molar-refractivity contribution in [2.24, 2.45) is 0 Å². The summed E-state index contributed by atoms with van der Waals surface area (Å²) in [5.41, 5.74) is 3.67. The van der Waals surface area contributed by atoms with Gasteiger partial charge in [0.1, 0.15) is 5.82 Å². The molecule has 20 heavy (non-hydrogen) atoms. The zero-order valence-electron chi connectivity index (χ0n) is 12.4. The number of nitrogens with one attached hydrogen (secondary N) is 2. The van der Waals surface area contributed by atoms with E-state index in [0.29, 0.717) is 5.95 Å². The van der Waals surface area contributed by atoms with Crippen LogP contribution in [0.1, 0.15) is 23.7 Å². The Hall–Kier alpha value is -2.10. The van der Waals surface area contributed by atoms with Gasteiger partial charge in [0.25, 0.3) is 0 Å². The first-order valence-electron chi connectivity index (χ1n) is 7.07. The van der Waals surface area contributed by atoms with Crippen LogP contribution in [0, 0.1) is 13.8 Å². The van der Waals surface area contributed by atoms with E-state index in [9.17, 15) is 0 Å². The van der Waals surface area contributed by atoms with Gasteiger partial charge in [-0.3, -0.25) is 0 Å². The standard InChI is InChI=1S/C16H22N4/c1-4-17-16-19-13(3)11-15(20-16)18-10-9-14-8-6-5-7-12(14)2/h5-8,11H,4,9-10H2,1-3H3,(H2,17,18,19,20). The van der Waals surface area contributed by atoms with E-state index in [1.807, 2.05) is 19.9 Å². The van der Waals surface area contributed by atoms with Gasteiger partial charge in [0, 0.05) is 24.8 Å². The van der Waals surface area contributed by atoms with Crippen LogP contribution in [0.25, 0.3) is 0 Å². The lowest BCUT2D eigenvalue weighted by atomic mass is 10.1. The highest BCUT2D eigenvalue weighted by Crippen LogP contribution is 2.11. The van der Waals surface area contributed by atoms with Crippen molar-refractivity contribution in [3.05, 3.63) is 47.2 Å². The summed E-state index contributed by atoms with van der Waals surface area (Å²) in [5, 5.41) is 6.51. The van der Waals surface area contributed by atoms with Crippen molar-refractivity contribution in [2.45, 2.75) is 27.2 Å². The summed E-state index contributed by atoms with van der Waals surface area (Å²) in [5.74, 6) is 1.56. The van der Waals surface area contributed by atoms with Crippen LogP contribution in [0.3, 0.4) is 0 Å². The van der Waals surface area contributed by atoms with Crippen LogP contribution in [0.5, 0.6) is 0 Å². The molecule has 1 aromatic heterocycles. The summed E-state index contributed by atoms with van der Waals surface area (Å²) in [6, 6.07) is 10.4. The molecule has 2 N–H and O–H groups in total. The molecule has 0 aliphatic heterocycles. The third-order valence-corrected chi connectivity index (χ3v) is 3.15. The first-order chi connectivity index (χ1) is 9.69. The molecule has 0 saturated heterocycles. The van der Waals surface area contributed by atoms with Gasteiger partial charge in [-0.25, -0.2) is 4.98 Å². The molecule has 0 saturated carbocycles. The van der Waals surface area contributed by atoms with E-state index in [1.54, 1.807) is 0 Å². The second-order valence-corrected chi connectivity index (χ2v) is 4.85. The van der Waals surface area contributed by atoms with Crippen LogP contribution in [-0.4, -0.2) is 23.1 Å². The largest absolute Gasteiger partial charge is 0.370 e. The minimum atomic E-state index is 0.686. The molecule has 106 valence electrons. The molecule has 4 nitrogen and oxygen atoms in total. The smallest absolute Gasteiger partial charge is 0.224 e. The van der Waals surface area contributed by atoms with Crippen molar-refractivity contribution in [3.63, 3.8) is 0 Å². The molecular weight excluding hydrogens is 248 g/mol. The van der Waals surface area contributed by atoms with Gasteiger partial charge in [-0.2, -0.15) is 4.98 Å². The van der Waals surface area contributed by atoms with E-state index in [2.05, 4.69) is 51.8 Å². The second kappa shape index (κ2) is 6.89. The number of benzene rings is 1. The zero-order valence-corrected chi connectivity index (χ0v) is 12.4. The molecule has 1 heterocycles. The van der Waals surface area contributed by atoms with Crippen molar-refractivity contribution in [1.82, 2.24) is 9.97 Å². The first-order valence-corrected chi connectivity index (χ1v) is 7.07. The van der Waals surface area contributed by atoms with Crippen LogP contribution in [-0.2, 0) is 6.42 Å². The Bertz CT molecular complexity index is 566. The van der Waals surface area contributed by atoms with Crippen LogP contribution >= 0.6 is 0 Å². The van der Waals surface area contributed by atoms with Crippen molar-refractivity contribution < 1.29 is 0 Å². The lowest BCUT2D eigenvalue weighted by Gasteiger charge is -2.10. The number of hydrogen-bond donors (Lipinski definition) is 2. The molecule has 0 radical (unpaired) electrons. The van der Waals surface area contributed by atoms with Crippen LogP contribution in [0.15, 0.2) is 30.3 Å². The molecule has 0 aliphatic carbocycles. The average Bonchev–Trinajstić information content (AvgIpc) is 2.41. The number of anilines is 2. The van der Waals surface area contributed by atoms with Crippen LogP contribution < -0.4 is 10.6 Å². The third kappa shape index (κ3) is 3.95.